The fraction of sp³-hybridized carbons (Fsp3) is 0.133. The Hall–Kier alpha value is -2.89. The number of carbonyl (C=O) groups excluding carboxylic acids is 1. The van der Waals surface area contributed by atoms with Gasteiger partial charge in [0.1, 0.15) is 0 Å². The van der Waals surface area contributed by atoms with E-state index >= 15 is 0 Å². The van der Waals surface area contributed by atoms with Crippen LogP contribution in [0.3, 0.4) is 0 Å². The molecule has 2 aromatic rings. The van der Waals surface area contributed by atoms with Gasteiger partial charge in [0.05, 0.1) is 11.5 Å². The van der Waals surface area contributed by atoms with Crippen LogP contribution in [-0.2, 0) is 4.79 Å². The van der Waals surface area contributed by atoms with Crippen molar-refractivity contribution in [2.24, 2.45) is 0 Å². The molecule has 0 bridgehead atoms. The Morgan fingerprint density at radius 3 is 2.43 bits per heavy atom. The van der Waals surface area contributed by atoms with Gasteiger partial charge in [-0.05, 0) is 30.7 Å². The van der Waals surface area contributed by atoms with Crippen LogP contribution >= 0.6 is 0 Å². The van der Waals surface area contributed by atoms with Crippen LogP contribution in [0.15, 0.2) is 48.5 Å². The lowest BCUT2D eigenvalue weighted by Gasteiger charge is -2.09. The maximum absolute atomic E-state index is 11.8. The largest absolute Gasteiger partial charge is 0.376 e. The van der Waals surface area contributed by atoms with Crippen LogP contribution in [0, 0.1) is 17.0 Å². The van der Waals surface area contributed by atoms with Crippen LogP contribution in [-0.4, -0.2) is 17.4 Å². The first kappa shape index (κ1) is 14.5. The second kappa shape index (κ2) is 6.51. The van der Waals surface area contributed by atoms with Crippen molar-refractivity contribution >= 4 is 23.0 Å². The van der Waals surface area contributed by atoms with Crippen LogP contribution < -0.4 is 10.6 Å². The first-order valence-electron chi connectivity index (χ1n) is 6.40. The summed E-state index contributed by atoms with van der Waals surface area (Å²) < 4.78 is 0. The van der Waals surface area contributed by atoms with E-state index in [1.807, 2.05) is 31.2 Å². The maximum atomic E-state index is 11.8. The topological polar surface area (TPSA) is 84.3 Å². The molecule has 2 N–H and O–H groups in total. The SMILES string of the molecule is Cc1ccccc1NC(=O)CNc1ccc([N+](=O)[O-])cc1. The molecule has 0 aliphatic rings. The van der Waals surface area contributed by atoms with E-state index in [1.54, 1.807) is 12.1 Å². The molecular weight excluding hydrogens is 270 g/mol. The average Bonchev–Trinajstić information content (AvgIpc) is 2.48. The lowest BCUT2D eigenvalue weighted by atomic mass is 10.2. The van der Waals surface area contributed by atoms with E-state index in [0.717, 1.165) is 11.3 Å². The second-order valence-electron chi connectivity index (χ2n) is 4.52. The molecule has 0 spiro atoms. The number of nitro groups is 1. The number of amides is 1. The van der Waals surface area contributed by atoms with Gasteiger partial charge in [0.25, 0.3) is 5.69 Å². The summed E-state index contributed by atoms with van der Waals surface area (Å²) in [7, 11) is 0. The van der Waals surface area contributed by atoms with Crippen LogP contribution in [0.2, 0.25) is 0 Å². The van der Waals surface area contributed by atoms with Crippen molar-refractivity contribution in [1.29, 1.82) is 0 Å². The van der Waals surface area contributed by atoms with E-state index in [1.165, 1.54) is 12.1 Å². The van der Waals surface area contributed by atoms with Gasteiger partial charge in [-0.25, -0.2) is 0 Å². The molecule has 21 heavy (non-hydrogen) atoms. The maximum Gasteiger partial charge on any atom is 0.269 e. The summed E-state index contributed by atoms with van der Waals surface area (Å²) in [5.41, 5.74) is 2.43. The van der Waals surface area contributed by atoms with E-state index in [0.29, 0.717) is 5.69 Å². The molecule has 0 aromatic heterocycles. The Kier molecular flexibility index (Phi) is 4.50. The summed E-state index contributed by atoms with van der Waals surface area (Å²) in [5.74, 6) is -0.178. The summed E-state index contributed by atoms with van der Waals surface area (Å²) in [5, 5.41) is 16.3. The number of anilines is 2. The van der Waals surface area contributed by atoms with E-state index in [2.05, 4.69) is 10.6 Å². The molecule has 0 atom stereocenters. The number of nitrogens with one attached hydrogen (secondary N) is 2. The fourth-order valence-electron chi connectivity index (χ4n) is 1.79. The summed E-state index contributed by atoms with van der Waals surface area (Å²) in [6, 6.07) is 13.4. The van der Waals surface area contributed by atoms with Crippen LogP contribution in [0.1, 0.15) is 5.56 Å². The average molecular weight is 285 g/mol. The van der Waals surface area contributed by atoms with Gasteiger partial charge in [0.2, 0.25) is 5.91 Å². The van der Waals surface area contributed by atoms with Crippen LogP contribution in [0.25, 0.3) is 0 Å². The number of aryl methyl sites for hydroxylation is 1. The zero-order valence-electron chi connectivity index (χ0n) is 11.5. The minimum atomic E-state index is -0.464. The third-order valence-electron chi connectivity index (χ3n) is 2.95. The number of rotatable bonds is 5. The standard InChI is InChI=1S/C15H15N3O3/c1-11-4-2-3-5-14(11)17-15(19)10-16-12-6-8-13(9-7-12)18(20)21/h2-9,16H,10H2,1H3,(H,17,19). The molecule has 2 rings (SSSR count). The van der Waals surface area contributed by atoms with Gasteiger partial charge in [-0.1, -0.05) is 18.2 Å². The number of benzene rings is 2. The highest BCUT2D eigenvalue weighted by Gasteiger charge is 2.06. The minimum absolute atomic E-state index is 0.0184. The van der Waals surface area contributed by atoms with E-state index in [4.69, 9.17) is 0 Å². The Balaban J connectivity index is 1.89. The van der Waals surface area contributed by atoms with E-state index in [9.17, 15) is 14.9 Å². The molecule has 2 aromatic carbocycles. The van der Waals surface area contributed by atoms with Crippen LogP contribution in [0.4, 0.5) is 17.1 Å². The fourth-order valence-corrected chi connectivity index (χ4v) is 1.79. The molecule has 0 heterocycles. The van der Waals surface area contributed by atoms with Gasteiger partial charge < -0.3 is 10.6 Å². The van der Waals surface area contributed by atoms with Crippen molar-refractivity contribution in [2.75, 3.05) is 17.2 Å². The first-order chi connectivity index (χ1) is 10.1. The molecule has 1 amide bonds. The molecule has 0 aliphatic carbocycles. The van der Waals surface area contributed by atoms with Crippen molar-refractivity contribution in [2.45, 2.75) is 6.92 Å². The first-order valence-corrected chi connectivity index (χ1v) is 6.40. The van der Waals surface area contributed by atoms with Crippen molar-refractivity contribution < 1.29 is 9.72 Å². The Morgan fingerprint density at radius 1 is 1.14 bits per heavy atom. The van der Waals surface area contributed by atoms with Crippen molar-refractivity contribution in [3.8, 4) is 0 Å². The van der Waals surface area contributed by atoms with Gasteiger partial charge in [-0.2, -0.15) is 0 Å². The number of para-hydroxylation sites is 1. The van der Waals surface area contributed by atoms with Crippen LogP contribution in [0.5, 0.6) is 0 Å². The number of hydrogen-bond acceptors (Lipinski definition) is 4. The third kappa shape index (κ3) is 4.04. The van der Waals surface area contributed by atoms with Gasteiger partial charge in [0.15, 0.2) is 0 Å². The summed E-state index contributed by atoms with van der Waals surface area (Å²) >= 11 is 0. The number of nitro benzene ring substituents is 1. The number of nitrogens with zero attached hydrogens (tertiary/aromatic N) is 1. The number of carbonyl (C=O) groups is 1. The zero-order chi connectivity index (χ0) is 15.2. The highest BCUT2D eigenvalue weighted by atomic mass is 16.6. The predicted octanol–water partition coefficient (Wildman–Crippen LogP) is 2.95. The molecule has 0 radical (unpaired) electrons. The molecular formula is C15H15N3O3. The zero-order valence-corrected chi connectivity index (χ0v) is 11.5. The summed E-state index contributed by atoms with van der Waals surface area (Å²) in [6.45, 7) is 2.01. The van der Waals surface area contributed by atoms with Crippen molar-refractivity contribution in [1.82, 2.24) is 0 Å². The Bertz CT molecular complexity index is 653. The van der Waals surface area contributed by atoms with Gasteiger partial charge in [0, 0.05) is 23.5 Å². The number of non-ortho nitro benzene ring substituents is 1. The second-order valence-corrected chi connectivity index (χ2v) is 4.52. The molecule has 108 valence electrons. The molecule has 0 saturated carbocycles. The van der Waals surface area contributed by atoms with Gasteiger partial charge >= 0.3 is 0 Å². The van der Waals surface area contributed by atoms with Crippen molar-refractivity contribution in [3.63, 3.8) is 0 Å². The monoisotopic (exact) mass is 285 g/mol. The normalized spacial score (nSPS) is 9.95. The van der Waals surface area contributed by atoms with Crippen molar-refractivity contribution in [3.05, 3.63) is 64.2 Å². The predicted molar refractivity (Wildman–Crippen MR) is 81.4 cm³/mol. The molecule has 0 saturated heterocycles. The molecule has 0 unspecified atom stereocenters. The quantitative estimate of drug-likeness (QED) is 0.653. The molecule has 6 nitrogen and oxygen atoms in total. The van der Waals surface area contributed by atoms with E-state index in [-0.39, 0.29) is 18.1 Å². The lowest BCUT2D eigenvalue weighted by molar-refractivity contribution is -0.384. The smallest absolute Gasteiger partial charge is 0.269 e. The summed E-state index contributed by atoms with van der Waals surface area (Å²) in [4.78, 5) is 21.9. The highest BCUT2D eigenvalue weighted by Crippen LogP contribution is 2.16. The highest BCUT2D eigenvalue weighted by molar-refractivity contribution is 5.94. The Morgan fingerprint density at radius 2 is 1.81 bits per heavy atom. The van der Waals surface area contributed by atoms with Gasteiger partial charge in [-0.3, -0.25) is 14.9 Å². The van der Waals surface area contributed by atoms with Gasteiger partial charge in [-0.15, -0.1) is 0 Å². The summed E-state index contributed by atoms with van der Waals surface area (Å²) in [6.07, 6.45) is 0. The molecule has 6 heteroatoms. The lowest BCUT2D eigenvalue weighted by Crippen LogP contribution is -2.22. The Labute approximate surface area is 121 Å². The molecule has 0 aliphatic heterocycles. The molecule has 0 fully saturated rings. The third-order valence-corrected chi connectivity index (χ3v) is 2.95. The van der Waals surface area contributed by atoms with E-state index < -0.39 is 4.92 Å². The minimum Gasteiger partial charge on any atom is -0.376 e. The number of hydrogen-bond donors (Lipinski definition) is 2.